The van der Waals surface area contributed by atoms with E-state index in [4.69, 9.17) is 4.74 Å². The monoisotopic (exact) mass is 355 g/mol. The maximum Gasteiger partial charge on any atom is 0.330 e. The van der Waals surface area contributed by atoms with Crippen molar-refractivity contribution in [1.82, 2.24) is 14.1 Å². The van der Waals surface area contributed by atoms with Crippen LogP contribution in [-0.4, -0.2) is 20.1 Å². The SMILES string of the molecule is Cn1c(COC(=O)CCCc2c[nH]c3ccccc23)cc(=O)n(C)c1=O. The fraction of sp³-hybridized carbons (Fsp3) is 0.316. The largest absolute Gasteiger partial charge is 0.459 e. The number of nitrogens with one attached hydrogen (secondary N) is 1. The van der Waals surface area contributed by atoms with Gasteiger partial charge in [-0.1, -0.05) is 18.2 Å². The molecule has 0 bridgehead atoms. The number of aromatic amines is 1. The maximum atomic E-state index is 12.0. The number of rotatable bonds is 6. The lowest BCUT2D eigenvalue weighted by molar-refractivity contribution is -0.145. The third-order valence-corrected chi connectivity index (χ3v) is 4.51. The van der Waals surface area contributed by atoms with Crippen LogP contribution in [0.4, 0.5) is 0 Å². The Balaban J connectivity index is 1.54. The number of H-pyrrole nitrogens is 1. The van der Waals surface area contributed by atoms with Gasteiger partial charge in [-0.25, -0.2) is 4.79 Å². The third-order valence-electron chi connectivity index (χ3n) is 4.51. The number of fused-ring (bicyclic) bond motifs is 1. The second kappa shape index (κ2) is 7.43. The van der Waals surface area contributed by atoms with Crippen molar-refractivity contribution in [2.24, 2.45) is 14.1 Å². The summed E-state index contributed by atoms with van der Waals surface area (Å²) in [7, 11) is 2.95. The fourth-order valence-corrected chi connectivity index (χ4v) is 2.91. The second-order valence-electron chi connectivity index (χ2n) is 6.25. The van der Waals surface area contributed by atoms with Crippen molar-refractivity contribution in [1.29, 1.82) is 0 Å². The van der Waals surface area contributed by atoms with Gasteiger partial charge in [0.25, 0.3) is 5.56 Å². The van der Waals surface area contributed by atoms with Gasteiger partial charge in [0.1, 0.15) is 6.61 Å². The van der Waals surface area contributed by atoms with Crippen LogP contribution in [0.1, 0.15) is 24.1 Å². The molecule has 0 aliphatic rings. The van der Waals surface area contributed by atoms with Gasteiger partial charge in [0.2, 0.25) is 0 Å². The molecule has 0 atom stereocenters. The summed E-state index contributed by atoms with van der Waals surface area (Å²) < 4.78 is 7.52. The molecule has 3 rings (SSSR count). The van der Waals surface area contributed by atoms with Gasteiger partial charge in [0.05, 0.1) is 5.69 Å². The number of ether oxygens (including phenoxy) is 1. The molecule has 2 aromatic heterocycles. The Morgan fingerprint density at radius 3 is 2.73 bits per heavy atom. The molecule has 0 saturated carbocycles. The lowest BCUT2D eigenvalue weighted by Gasteiger charge is -2.10. The van der Waals surface area contributed by atoms with Crippen LogP contribution in [0, 0.1) is 0 Å². The van der Waals surface area contributed by atoms with Crippen molar-refractivity contribution in [2.75, 3.05) is 0 Å². The standard InChI is InChI=1S/C19H21N3O4/c1-21-14(10-17(23)22(2)19(21)25)12-26-18(24)9-5-6-13-11-20-16-8-4-3-7-15(13)16/h3-4,7-8,10-11,20H,5-6,9,12H2,1-2H3. The van der Waals surface area contributed by atoms with Crippen LogP contribution in [-0.2, 0) is 36.7 Å². The van der Waals surface area contributed by atoms with E-state index >= 15 is 0 Å². The molecule has 136 valence electrons. The fourth-order valence-electron chi connectivity index (χ4n) is 2.91. The van der Waals surface area contributed by atoms with Gasteiger partial charge >= 0.3 is 11.7 Å². The van der Waals surface area contributed by atoms with E-state index in [0.717, 1.165) is 21.9 Å². The van der Waals surface area contributed by atoms with E-state index in [1.807, 2.05) is 24.4 Å². The zero-order valence-corrected chi connectivity index (χ0v) is 14.8. The second-order valence-corrected chi connectivity index (χ2v) is 6.25. The molecule has 0 aliphatic carbocycles. The number of aryl methyl sites for hydroxylation is 1. The molecular weight excluding hydrogens is 334 g/mol. The Kier molecular flexibility index (Phi) is 5.06. The van der Waals surface area contributed by atoms with Crippen molar-refractivity contribution in [3.05, 3.63) is 68.6 Å². The summed E-state index contributed by atoms with van der Waals surface area (Å²) >= 11 is 0. The first-order valence-electron chi connectivity index (χ1n) is 8.44. The molecule has 0 aliphatic heterocycles. The van der Waals surface area contributed by atoms with Crippen molar-refractivity contribution < 1.29 is 9.53 Å². The average Bonchev–Trinajstić information content (AvgIpc) is 3.05. The van der Waals surface area contributed by atoms with Crippen molar-refractivity contribution in [3.8, 4) is 0 Å². The van der Waals surface area contributed by atoms with Gasteiger partial charge in [0, 0.05) is 43.7 Å². The highest BCUT2D eigenvalue weighted by Crippen LogP contribution is 2.19. The van der Waals surface area contributed by atoms with Crippen LogP contribution in [0.2, 0.25) is 0 Å². The summed E-state index contributed by atoms with van der Waals surface area (Å²) in [5, 5.41) is 1.16. The Labute approximate surface area is 149 Å². The number of nitrogens with zero attached hydrogens (tertiary/aromatic N) is 2. The highest BCUT2D eigenvalue weighted by molar-refractivity contribution is 5.83. The molecule has 1 N–H and O–H groups in total. The van der Waals surface area contributed by atoms with E-state index in [1.165, 1.54) is 23.2 Å². The van der Waals surface area contributed by atoms with Gasteiger partial charge in [-0.15, -0.1) is 0 Å². The first kappa shape index (κ1) is 17.7. The first-order chi connectivity index (χ1) is 12.5. The lowest BCUT2D eigenvalue weighted by Crippen LogP contribution is -2.38. The summed E-state index contributed by atoms with van der Waals surface area (Å²) in [5.41, 5.74) is 1.77. The van der Waals surface area contributed by atoms with E-state index in [9.17, 15) is 14.4 Å². The highest BCUT2D eigenvalue weighted by atomic mass is 16.5. The van der Waals surface area contributed by atoms with Crippen LogP contribution in [0.25, 0.3) is 10.9 Å². The summed E-state index contributed by atoms with van der Waals surface area (Å²) in [5.74, 6) is -0.349. The molecule has 7 nitrogen and oxygen atoms in total. The number of aromatic nitrogens is 3. The van der Waals surface area contributed by atoms with Crippen molar-refractivity contribution in [2.45, 2.75) is 25.9 Å². The van der Waals surface area contributed by atoms with Gasteiger partial charge < -0.3 is 9.72 Å². The summed E-state index contributed by atoms with van der Waals surface area (Å²) in [6, 6.07) is 9.34. The molecular formula is C19H21N3O4. The maximum absolute atomic E-state index is 12.0. The van der Waals surface area contributed by atoms with E-state index in [1.54, 1.807) is 7.05 Å². The van der Waals surface area contributed by atoms with E-state index in [0.29, 0.717) is 12.1 Å². The quantitative estimate of drug-likeness (QED) is 0.681. The lowest BCUT2D eigenvalue weighted by atomic mass is 10.1. The van der Waals surface area contributed by atoms with Crippen LogP contribution in [0.15, 0.2) is 46.1 Å². The van der Waals surface area contributed by atoms with Crippen LogP contribution >= 0.6 is 0 Å². The molecule has 0 amide bonds. The Bertz CT molecular complexity index is 1060. The number of para-hydroxylation sites is 1. The third kappa shape index (κ3) is 3.61. The smallest absolute Gasteiger partial charge is 0.330 e. The zero-order chi connectivity index (χ0) is 18.7. The topological polar surface area (TPSA) is 86.1 Å². The average molecular weight is 355 g/mol. The van der Waals surface area contributed by atoms with Crippen LogP contribution in [0.3, 0.4) is 0 Å². The van der Waals surface area contributed by atoms with Crippen LogP contribution < -0.4 is 11.2 Å². The van der Waals surface area contributed by atoms with Gasteiger partial charge in [-0.2, -0.15) is 0 Å². The number of esters is 1. The number of hydrogen-bond donors (Lipinski definition) is 1. The number of benzene rings is 1. The summed E-state index contributed by atoms with van der Waals surface area (Å²) in [4.78, 5) is 38.7. The molecule has 2 heterocycles. The van der Waals surface area contributed by atoms with Crippen LogP contribution in [0.5, 0.6) is 0 Å². The minimum absolute atomic E-state index is 0.0895. The molecule has 0 spiro atoms. The molecule has 26 heavy (non-hydrogen) atoms. The summed E-state index contributed by atoms with van der Waals surface area (Å²) in [6.45, 7) is -0.0895. The first-order valence-corrected chi connectivity index (χ1v) is 8.44. The number of carbonyl (C=O) groups is 1. The molecule has 0 fully saturated rings. The predicted octanol–water partition coefficient (Wildman–Crippen LogP) is 1.63. The van der Waals surface area contributed by atoms with E-state index in [2.05, 4.69) is 11.1 Å². The summed E-state index contributed by atoms with van der Waals surface area (Å²) in [6.07, 6.45) is 3.67. The van der Waals surface area contributed by atoms with E-state index < -0.39 is 11.2 Å². The molecule has 1 aromatic carbocycles. The molecule has 7 heteroatoms. The predicted molar refractivity (Wildman–Crippen MR) is 98.0 cm³/mol. The molecule has 0 saturated heterocycles. The Morgan fingerprint density at radius 2 is 1.92 bits per heavy atom. The van der Waals surface area contributed by atoms with Crippen molar-refractivity contribution in [3.63, 3.8) is 0 Å². The number of hydrogen-bond acceptors (Lipinski definition) is 4. The van der Waals surface area contributed by atoms with Crippen molar-refractivity contribution >= 4 is 16.9 Å². The normalized spacial score (nSPS) is 11.0. The molecule has 3 aromatic rings. The van der Waals surface area contributed by atoms with Gasteiger partial charge in [-0.05, 0) is 24.5 Å². The minimum atomic E-state index is -0.442. The van der Waals surface area contributed by atoms with E-state index in [-0.39, 0.29) is 19.0 Å². The zero-order valence-electron chi connectivity index (χ0n) is 14.8. The minimum Gasteiger partial charge on any atom is -0.459 e. The molecule has 0 unspecified atom stereocenters. The molecule has 0 radical (unpaired) electrons. The Morgan fingerprint density at radius 1 is 1.15 bits per heavy atom. The highest BCUT2D eigenvalue weighted by Gasteiger charge is 2.10. The van der Waals surface area contributed by atoms with Gasteiger partial charge in [-0.3, -0.25) is 18.7 Å². The van der Waals surface area contributed by atoms with Gasteiger partial charge in [0.15, 0.2) is 0 Å². The Hall–Kier alpha value is -3.09. The number of carbonyl (C=O) groups excluding carboxylic acids is 1.